The molecular weight excluding hydrogens is 290 g/mol. The predicted octanol–water partition coefficient (Wildman–Crippen LogP) is 1.30. The third-order valence-electron chi connectivity index (χ3n) is 3.91. The summed E-state index contributed by atoms with van der Waals surface area (Å²) >= 11 is 0. The minimum absolute atomic E-state index is 0.168. The van der Waals surface area contributed by atoms with E-state index in [0.717, 1.165) is 29.8 Å². The van der Waals surface area contributed by atoms with Crippen LogP contribution in [0.15, 0.2) is 28.8 Å². The highest BCUT2D eigenvalue weighted by molar-refractivity contribution is 7.89. The predicted molar refractivity (Wildman–Crippen MR) is 80.3 cm³/mol. The summed E-state index contributed by atoms with van der Waals surface area (Å²) in [6.45, 7) is 4.92. The number of hydrogen-bond acceptors (Lipinski definition) is 5. The lowest BCUT2D eigenvalue weighted by Gasteiger charge is -2.33. The summed E-state index contributed by atoms with van der Waals surface area (Å²) in [6.07, 6.45) is 0. The standard InChI is InChI=1S/C14H19N3O3S/c1-2-21(18,19)17-9-7-16(8-10-17)11-13-12-5-3-4-6-14(12)20-15-13/h3-6H,2,7-11H2,1H3. The van der Waals surface area contributed by atoms with Crippen molar-refractivity contribution in [3.05, 3.63) is 30.0 Å². The number of aromatic nitrogens is 1. The number of piperazine rings is 1. The SMILES string of the molecule is CCS(=O)(=O)N1CCN(Cc2noc3ccccc23)CC1. The number of fused-ring (bicyclic) bond motifs is 1. The van der Waals surface area contributed by atoms with Crippen molar-refractivity contribution in [3.63, 3.8) is 0 Å². The average molecular weight is 309 g/mol. The normalized spacial score (nSPS) is 18.3. The smallest absolute Gasteiger partial charge is 0.213 e. The third-order valence-corrected chi connectivity index (χ3v) is 5.80. The topological polar surface area (TPSA) is 66.7 Å². The van der Waals surface area contributed by atoms with E-state index in [1.165, 1.54) is 0 Å². The van der Waals surface area contributed by atoms with Crippen LogP contribution < -0.4 is 0 Å². The highest BCUT2D eigenvalue weighted by atomic mass is 32.2. The summed E-state index contributed by atoms with van der Waals surface area (Å²) in [6, 6.07) is 7.79. The molecule has 0 N–H and O–H groups in total. The molecule has 21 heavy (non-hydrogen) atoms. The Morgan fingerprint density at radius 2 is 1.90 bits per heavy atom. The van der Waals surface area contributed by atoms with Crippen molar-refractivity contribution in [2.75, 3.05) is 31.9 Å². The number of para-hydroxylation sites is 1. The number of rotatable bonds is 4. The maximum absolute atomic E-state index is 11.8. The number of hydrogen-bond donors (Lipinski definition) is 0. The maximum Gasteiger partial charge on any atom is 0.213 e. The van der Waals surface area contributed by atoms with Gasteiger partial charge in [-0.25, -0.2) is 8.42 Å². The summed E-state index contributed by atoms with van der Waals surface area (Å²) in [5.74, 6) is 0.168. The molecule has 6 nitrogen and oxygen atoms in total. The van der Waals surface area contributed by atoms with Crippen molar-refractivity contribution in [1.29, 1.82) is 0 Å². The van der Waals surface area contributed by atoms with Crippen molar-refractivity contribution in [1.82, 2.24) is 14.4 Å². The lowest BCUT2D eigenvalue weighted by atomic mass is 10.2. The van der Waals surface area contributed by atoms with Gasteiger partial charge in [0, 0.05) is 38.1 Å². The molecular formula is C14H19N3O3S. The fraction of sp³-hybridized carbons (Fsp3) is 0.500. The molecule has 2 aromatic rings. The largest absolute Gasteiger partial charge is 0.356 e. The molecule has 1 aliphatic rings. The molecule has 1 saturated heterocycles. The van der Waals surface area contributed by atoms with E-state index in [4.69, 9.17) is 4.52 Å². The zero-order valence-corrected chi connectivity index (χ0v) is 12.8. The lowest BCUT2D eigenvalue weighted by Crippen LogP contribution is -2.48. The van der Waals surface area contributed by atoms with Gasteiger partial charge in [0.15, 0.2) is 5.58 Å². The lowest BCUT2D eigenvalue weighted by molar-refractivity contribution is 0.178. The van der Waals surface area contributed by atoms with E-state index < -0.39 is 10.0 Å². The molecule has 1 aliphatic heterocycles. The van der Waals surface area contributed by atoms with Crippen LogP contribution >= 0.6 is 0 Å². The maximum atomic E-state index is 11.8. The van der Waals surface area contributed by atoms with Gasteiger partial charge < -0.3 is 4.52 Å². The van der Waals surface area contributed by atoms with E-state index in [9.17, 15) is 8.42 Å². The van der Waals surface area contributed by atoms with Crippen LogP contribution in [0.2, 0.25) is 0 Å². The van der Waals surface area contributed by atoms with Crippen molar-refractivity contribution in [2.24, 2.45) is 0 Å². The van der Waals surface area contributed by atoms with E-state index in [2.05, 4.69) is 10.1 Å². The van der Waals surface area contributed by atoms with Crippen LogP contribution in [0.5, 0.6) is 0 Å². The molecule has 114 valence electrons. The van der Waals surface area contributed by atoms with Crippen LogP contribution in [0.4, 0.5) is 0 Å². The molecule has 0 atom stereocenters. The van der Waals surface area contributed by atoms with Gasteiger partial charge in [0.25, 0.3) is 0 Å². The fourth-order valence-corrected chi connectivity index (χ4v) is 3.70. The van der Waals surface area contributed by atoms with E-state index in [0.29, 0.717) is 19.6 Å². The van der Waals surface area contributed by atoms with Gasteiger partial charge in [0.1, 0.15) is 5.69 Å². The molecule has 0 radical (unpaired) electrons. The summed E-state index contributed by atoms with van der Waals surface area (Å²) in [5, 5.41) is 5.15. The van der Waals surface area contributed by atoms with Crippen molar-refractivity contribution in [2.45, 2.75) is 13.5 Å². The minimum Gasteiger partial charge on any atom is -0.356 e. The molecule has 1 aromatic heterocycles. The van der Waals surface area contributed by atoms with E-state index >= 15 is 0 Å². The first-order valence-electron chi connectivity index (χ1n) is 7.13. The second-order valence-electron chi connectivity index (χ2n) is 5.20. The first-order valence-corrected chi connectivity index (χ1v) is 8.74. The van der Waals surface area contributed by atoms with E-state index in [-0.39, 0.29) is 5.75 Å². The van der Waals surface area contributed by atoms with Crippen molar-refractivity contribution >= 4 is 21.0 Å². The second kappa shape index (κ2) is 5.75. The van der Waals surface area contributed by atoms with Gasteiger partial charge in [-0.05, 0) is 19.1 Å². The zero-order chi connectivity index (χ0) is 14.9. The van der Waals surface area contributed by atoms with Crippen molar-refractivity contribution < 1.29 is 12.9 Å². The first-order chi connectivity index (χ1) is 10.1. The quantitative estimate of drug-likeness (QED) is 0.851. The van der Waals surface area contributed by atoms with E-state index in [1.807, 2.05) is 24.3 Å². The van der Waals surface area contributed by atoms with Gasteiger partial charge in [-0.15, -0.1) is 0 Å². The Morgan fingerprint density at radius 3 is 2.62 bits per heavy atom. The molecule has 0 saturated carbocycles. The third kappa shape index (κ3) is 2.95. The van der Waals surface area contributed by atoms with E-state index in [1.54, 1.807) is 11.2 Å². The Labute approximate surface area is 124 Å². The Kier molecular flexibility index (Phi) is 3.97. The van der Waals surface area contributed by atoms with Crippen LogP contribution in [0.1, 0.15) is 12.6 Å². The molecule has 0 spiro atoms. The number of benzene rings is 1. The van der Waals surface area contributed by atoms with Gasteiger partial charge in [0.2, 0.25) is 10.0 Å². The number of sulfonamides is 1. The Balaban J connectivity index is 1.66. The zero-order valence-electron chi connectivity index (χ0n) is 12.0. The van der Waals surface area contributed by atoms with Crippen LogP contribution in [0, 0.1) is 0 Å². The molecule has 0 amide bonds. The Morgan fingerprint density at radius 1 is 1.19 bits per heavy atom. The fourth-order valence-electron chi connectivity index (χ4n) is 2.61. The average Bonchev–Trinajstić information content (AvgIpc) is 2.91. The van der Waals surface area contributed by atoms with Gasteiger partial charge >= 0.3 is 0 Å². The molecule has 2 heterocycles. The summed E-state index contributed by atoms with van der Waals surface area (Å²) in [4.78, 5) is 2.21. The molecule has 0 aliphatic carbocycles. The minimum atomic E-state index is -3.07. The van der Waals surface area contributed by atoms with Gasteiger partial charge in [-0.1, -0.05) is 17.3 Å². The van der Waals surface area contributed by atoms with Crippen LogP contribution in [0.3, 0.4) is 0 Å². The summed E-state index contributed by atoms with van der Waals surface area (Å²) < 4.78 is 30.5. The Hall–Kier alpha value is -1.44. The Bertz CT molecular complexity index is 718. The van der Waals surface area contributed by atoms with Crippen LogP contribution in [-0.4, -0.2) is 54.7 Å². The summed E-state index contributed by atoms with van der Waals surface area (Å²) in [7, 11) is -3.07. The highest BCUT2D eigenvalue weighted by Gasteiger charge is 2.26. The van der Waals surface area contributed by atoms with Gasteiger partial charge in [-0.3, -0.25) is 4.90 Å². The summed E-state index contributed by atoms with van der Waals surface area (Å²) in [5.41, 5.74) is 1.71. The monoisotopic (exact) mass is 309 g/mol. The van der Waals surface area contributed by atoms with Crippen LogP contribution in [-0.2, 0) is 16.6 Å². The first kappa shape index (κ1) is 14.5. The molecule has 3 rings (SSSR count). The highest BCUT2D eigenvalue weighted by Crippen LogP contribution is 2.20. The molecule has 7 heteroatoms. The van der Waals surface area contributed by atoms with Crippen molar-refractivity contribution in [3.8, 4) is 0 Å². The molecule has 1 aromatic carbocycles. The number of nitrogens with zero attached hydrogens (tertiary/aromatic N) is 3. The van der Waals surface area contributed by atoms with Gasteiger partial charge in [-0.2, -0.15) is 4.31 Å². The molecule has 0 bridgehead atoms. The van der Waals surface area contributed by atoms with Gasteiger partial charge in [0.05, 0.1) is 5.75 Å². The molecule has 1 fully saturated rings. The van der Waals surface area contributed by atoms with Crippen LogP contribution in [0.25, 0.3) is 11.0 Å². The molecule has 0 unspecified atom stereocenters. The second-order valence-corrected chi connectivity index (χ2v) is 7.46.